The molecule has 0 aliphatic carbocycles. The van der Waals surface area contributed by atoms with Crippen LogP contribution in [0.2, 0.25) is 42.8 Å². The van der Waals surface area contributed by atoms with Crippen molar-refractivity contribution in [1.29, 1.82) is 0 Å². The minimum atomic E-state index is -1.84. The van der Waals surface area contributed by atoms with E-state index in [9.17, 15) is 0 Å². The standard InChI is InChI=1S/C7H11B.6CH3.2Sn/c1-7-5-3-4-6-8(7)2;;;;;;;;/h3-6H2,2H3;6*1H3;;. The van der Waals surface area contributed by atoms with Crippen molar-refractivity contribution in [2.45, 2.75) is 62.0 Å². The molecule has 0 atom stereocenters. The summed E-state index contributed by atoms with van der Waals surface area (Å²) in [5, 5.41) is 0. The van der Waals surface area contributed by atoms with Gasteiger partial charge in [-0.25, -0.2) is 0 Å². The Morgan fingerprint density at radius 1 is 0.938 bits per heavy atom. The van der Waals surface area contributed by atoms with Gasteiger partial charge in [0.15, 0.2) is 0 Å². The van der Waals surface area contributed by atoms with Gasteiger partial charge in [-0.3, -0.25) is 0 Å². The average Bonchev–Trinajstić information content (AvgIpc) is 2.03. The molecule has 0 aromatic rings. The van der Waals surface area contributed by atoms with Crippen LogP contribution in [0.3, 0.4) is 0 Å². The Morgan fingerprint density at radius 2 is 1.44 bits per heavy atom. The molecule has 1 saturated heterocycles. The Labute approximate surface area is 111 Å². The zero-order chi connectivity index (χ0) is 12.6. The van der Waals surface area contributed by atoms with Gasteiger partial charge in [0, 0.05) is 0 Å². The van der Waals surface area contributed by atoms with Crippen LogP contribution in [-0.2, 0) is 0 Å². The molecule has 1 heterocycles. The molecule has 0 N–H and O–H groups in total. The molecule has 16 heavy (non-hydrogen) atoms. The van der Waals surface area contributed by atoms with E-state index in [4.69, 9.17) is 0 Å². The fourth-order valence-electron chi connectivity index (χ4n) is 3.65. The normalized spacial score (nSPS) is 18.9. The van der Waals surface area contributed by atoms with Crippen molar-refractivity contribution in [1.82, 2.24) is 0 Å². The Balaban J connectivity index is 3.22. The van der Waals surface area contributed by atoms with Crippen LogP contribution in [0.25, 0.3) is 0 Å². The quantitative estimate of drug-likeness (QED) is 0.544. The van der Waals surface area contributed by atoms with Gasteiger partial charge in [0.05, 0.1) is 0 Å². The van der Waals surface area contributed by atoms with Gasteiger partial charge in [0.2, 0.25) is 0 Å². The van der Waals surface area contributed by atoms with E-state index < -0.39 is 36.8 Å². The molecule has 0 bridgehead atoms. The Kier molecular flexibility index (Phi) is 5.39. The van der Waals surface area contributed by atoms with Gasteiger partial charge >= 0.3 is 113 Å². The van der Waals surface area contributed by atoms with Crippen LogP contribution in [0.1, 0.15) is 19.3 Å². The summed E-state index contributed by atoms with van der Waals surface area (Å²) in [5.41, 5.74) is 1.96. The molecule has 0 amide bonds. The second kappa shape index (κ2) is 5.58. The summed E-state index contributed by atoms with van der Waals surface area (Å²) in [6, 6.07) is 0. The minimum absolute atomic E-state index is 0.913. The molecule has 1 rings (SSSR count). The first-order valence-corrected chi connectivity index (χ1v) is 26.9. The van der Waals surface area contributed by atoms with Crippen LogP contribution in [0.5, 0.6) is 0 Å². The molecule has 1 aliphatic heterocycles. The molecule has 0 nitrogen and oxygen atoms in total. The van der Waals surface area contributed by atoms with Crippen molar-refractivity contribution in [3.63, 3.8) is 0 Å². The maximum atomic E-state index is 2.64. The Bertz CT molecular complexity index is 265. The van der Waals surface area contributed by atoms with Crippen LogP contribution in [-0.4, -0.2) is 43.5 Å². The summed E-state index contributed by atoms with van der Waals surface area (Å²) in [7, 11) is 0. The zero-order valence-corrected chi connectivity index (χ0v) is 18.1. The third-order valence-corrected chi connectivity index (χ3v) is 42.9. The van der Waals surface area contributed by atoms with Crippen molar-refractivity contribution in [2.24, 2.45) is 0 Å². The van der Waals surface area contributed by atoms with E-state index in [0.29, 0.717) is 0 Å². The van der Waals surface area contributed by atoms with E-state index in [1.54, 1.807) is 0 Å². The van der Waals surface area contributed by atoms with Crippen molar-refractivity contribution in [3.8, 4) is 0 Å². The molecule has 92 valence electrons. The third kappa shape index (κ3) is 3.96. The van der Waals surface area contributed by atoms with Crippen LogP contribution < -0.4 is 0 Å². The van der Waals surface area contributed by atoms with Gasteiger partial charge in [0.25, 0.3) is 0 Å². The van der Waals surface area contributed by atoms with E-state index in [-0.39, 0.29) is 0 Å². The van der Waals surface area contributed by atoms with Crippen molar-refractivity contribution < 1.29 is 0 Å². The fraction of sp³-hybridized carbons (Fsp3) is 0.846. The van der Waals surface area contributed by atoms with Gasteiger partial charge in [0.1, 0.15) is 0 Å². The number of hydrogen-bond acceptors (Lipinski definition) is 0. The van der Waals surface area contributed by atoms with Gasteiger partial charge in [-0.2, -0.15) is 0 Å². The van der Waals surface area contributed by atoms with Gasteiger partial charge < -0.3 is 0 Å². The molecule has 0 radical (unpaired) electrons. The van der Waals surface area contributed by atoms with Gasteiger partial charge in [-0.15, -0.1) is 0 Å². The molecule has 0 aromatic carbocycles. The van der Waals surface area contributed by atoms with E-state index in [2.05, 4.69) is 38.1 Å². The number of rotatable bonds is 2. The zero-order valence-electron chi connectivity index (χ0n) is 12.4. The first-order chi connectivity index (χ1) is 7.14. The second-order valence-electron chi connectivity index (χ2n) is 7.55. The van der Waals surface area contributed by atoms with Crippen molar-refractivity contribution in [3.05, 3.63) is 7.08 Å². The summed E-state index contributed by atoms with van der Waals surface area (Å²) in [6.07, 6.45) is 5.84. The van der Waals surface area contributed by atoms with E-state index in [0.717, 1.165) is 6.71 Å². The maximum absolute atomic E-state index is 2.64. The van der Waals surface area contributed by atoms with Crippen LogP contribution in [0.15, 0.2) is 7.08 Å². The topological polar surface area (TPSA) is 0 Å². The van der Waals surface area contributed by atoms with Crippen molar-refractivity contribution in [2.75, 3.05) is 0 Å². The van der Waals surface area contributed by atoms with Crippen LogP contribution >= 0.6 is 0 Å². The predicted octanol–water partition coefficient (Wildman–Crippen LogP) is 4.89. The monoisotopic (exact) mass is 436 g/mol. The molecule has 0 unspecified atom stereocenters. The van der Waals surface area contributed by atoms with Crippen LogP contribution in [0.4, 0.5) is 0 Å². The average molecular weight is 434 g/mol. The first kappa shape index (κ1) is 15.5. The third-order valence-electron chi connectivity index (χ3n) is 3.75. The number of hydrogen-bond donors (Lipinski definition) is 0. The Hall–Kier alpha value is 1.40. The molecule has 3 heteroatoms. The van der Waals surface area contributed by atoms with Gasteiger partial charge in [-0.05, 0) is 0 Å². The van der Waals surface area contributed by atoms with E-state index >= 15 is 0 Å². The molecule has 0 saturated carbocycles. The van der Waals surface area contributed by atoms with Crippen LogP contribution in [0, 0.1) is 0 Å². The summed E-state index contributed by atoms with van der Waals surface area (Å²) in [6.45, 7) is 3.40. The molecule has 1 fully saturated rings. The summed E-state index contributed by atoms with van der Waals surface area (Å²) >= 11 is -3.68. The summed E-state index contributed by atoms with van der Waals surface area (Å²) < 4.78 is 2.14. The van der Waals surface area contributed by atoms with Crippen molar-refractivity contribution >= 4 is 43.5 Å². The van der Waals surface area contributed by atoms with E-state index in [1.807, 2.05) is 5.47 Å². The molecule has 0 aromatic heterocycles. The van der Waals surface area contributed by atoms with Gasteiger partial charge in [-0.1, -0.05) is 0 Å². The molecular weight excluding hydrogens is 404 g/mol. The predicted molar refractivity (Wildman–Crippen MR) is 84.0 cm³/mol. The summed E-state index contributed by atoms with van der Waals surface area (Å²) in [4.78, 5) is 15.8. The number of allylic oxidation sites excluding steroid dienone is 1. The SMILES string of the molecule is CB1CCCCC1=[C]([Sn]([CH3])([CH3])[CH3])[Sn]([CH3])([CH3])[CH3]. The fourth-order valence-corrected chi connectivity index (χ4v) is 60.8. The summed E-state index contributed by atoms with van der Waals surface area (Å²) in [5.74, 6) is 0. The Morgan fingerprint density at radius 3 is 1.81 bits per heavy atom. The molecule has 0 spiro atoms. The van der Waals surface area contributed by atoms with E-state index in [1.165, 1.54) is 25.6 Å². The molecular formula is C13H29BSn2. The molecule has 1 aliphatic rings. The second-order valence-corrected chi connectivity index (χ2v) is 40.2. The first-order valence-electron chi connectivity index (χ1n) is 6.88.